The highest BCUT2D eigenvalue weighted by atomic mass is 35.5. The summed E-state index contributed by atoms with van der Waals surface area (Å²) in [6.07, 6.45) is 0.907. The van der Waals surface area contributed by atoms with E-state index in [2.05, 4.69) is 5.32 Å². The predicted octanol–water partition coefficient (Wildman–Crippen LogP) is 5.54. The van der Waals surface area contributed by atoms with Gasteiger partial charge in [0.25, 0.3) is 0 Å². The smallest absolute Gasteiger partial charge is 0.326 e. The van der Waals surface area contributed by atoms with E-state index in [1.54, 1.807) is 30.3 Å². The molecule has 12 heteroatoms. The molecular formula is C28H27Cl3N2O6S. The number of carbonyl (C=O) groups excluding carboxylic acids is 1. The summed E-state index contributed by atoms with van der Waals surface area (Å²) in [5.41, 5.74) is 2.32. The summed E-state index contributed by atoms with van der Waals surface area (Å²) >= 11 is 18.3. The summed E-state index contributed by atoms with van der Waals surface area (Å²) in [5.74, 6) is -2.28. The van der Waals surface area contributed by atoms with E-state index in [9.17, 15) is 23.1 Å². The number of carboxylic acids is 1. The van der Waals surface area contributed by atoms with Crippen molar-refractivity contribution in [2.45, 2.75) is 30.2 Å². The second-order valence-corrected chi connectivity index (χ2v) is 12.6. The summed E-state index contributed by atoms with van der Waals surface area (Å²) in [6.45, 7) is 0.126. The lowest BCUT2D eigenvalue weighted by Crippen LogP contribution is -2.50. The van der Waals surface area contributed by atoms with E-state index >= 15 is 0 Å². The van der Waals surface area contributed by atoms with E-state index in [0.29, 0.717) is 28.5 Å². The fourth-order valence-electron chi connectivity index (χ4n) is 4.64. The summed E-state index contributed by atoms with van der Waals surface area (Å²) in [7, 11) is -2.65. The lowest BCUT2D eigenvalue weighted by Gasteiger charge is -2.32. The minimum Gasteiger partial charge on any atom is -0.495 e. The van der Waals surface area contributed by atoms with Crippen LogP contribution in [-0.2, 0) is 26.0 Å². The second kappa shape index (κ2) is 12.8. The minimum absolute atomic E-state index is 0.0458. The molecule has 1 aliphatic heterocycles. The van der Waals surface area contributed by atoms with Crippen molar-refractivity contribution in [2.75, 3.05) is 20.2 Å². The third kappa shape index (κ3) is 6.90. The molecule has 3 aromatic carbocycles. The van der Waals surface area contributed by atoms with Crippen LogP contribution in [0.4, 0.5) is 0 Å². The zero-order chi connectivity index (χ0) is 29.0. The summed E-state index contributed by atoms with van der Waals surface area (Å²) in [6, 6.07) is 15.5. The number of sulfonamides is 1. The van der Waals surface area contributed by atoms with Gasteiger partial charge in [0, 0.05) is 40.1 Å². The minimum atomic E-state index is -4.01. The monoisotopic (exact) mass is 624 g/mol. The lowest BCUT2D eigenvalue weighted by molar-refractivity contribution is -0.142. The molecule has 0 bridgehead atoms. The standard InChI is InChI=1S/C28H27Cl3N2O6S/c1-39-25-11-9-21(30)15-26(25)40(37,38)33-12-2-3-19(16-33)27(34)32-24(28(35)36)13-17-4-6-18(7-5-17)22-10-8-20(29)14-23(22)31/h4-11,14-15,19,24H,2-3,12-13,16H2,1H3,(H,32,34)(H,35,36)/t19?,24-/m0/s1. The maximum Gasteiger partial charge on any atom is 0.326 e. The largest absolute Gasteiger partial charge is 0.495 e. The summed E-state index contributed by atoms with van der Waals surface area (Å²) in [4.78, 5) is 25.1. The topological polar surface area (TPSA) is 113 Å². The number of hydrogen-bond acceptors (Lipinski definition) is 5. The highest BCUT2D eigenvalue weighted by Crippen LogP contribution is 2.33. The van der Waals surface area contributed by atoms with Gasteiger partial charge in [0.05, 0.1) is 13.0 Å². The number of rotatable bonds is 9. The Labute approximate surface area is 247 Å². The predicted molar refractivity (Wildman–Crippen MR) is 155 cm³/mol. The first kappa shape index (κ1) is 30.1. The molecule has 0 spiro atoms. The number of amides is 1. The van der Waals surface area contributed by atoms with E-state index in [1.165, 1.54) is 29.6 Å². The van der Waals surface area contributed by atoms with Crippen LogP contribution in [0.5, 0.6) is 5.75 Å². The molecule has 1 unspecified atom stereocenters. The number of methoxy groups -OCH3 is 1. The van der Waals surface area contributed by atoms with Crippen LogP contribution in [0, 0.1) is 5.92 Å². The molecule has 0 saturated carbocycles. The molecule has 1 fully saturated rings. The average Bonchev–Trinajstić information content (AvgIpc) is 2.93. The maximum atomic E-state index is 13.4. The zero-order valence-corrected chi connectivity index (χ0v) is 24.5. The number of carboxylic acid groups (broad SMARTS) is 1. The Hall–Kier alpha value is -2.82. The molecule has 1 saturated heterocycles. The van der Waals surface area contributed by atoms with Crippen LogP contribution in [-0.4, -0.2) is 55.9 Å². The molecule has 2 N–H and O–H groups in total. The van der Waals surface area contributed by atoms with Gasteiger partial charge in [0.15, 0.2) is 0 Å². The van der Waals surface area contributed by atoms with E-state index in [1.807, 2.05) is 12.1 Å². The molecule has 4 rings (SSSR count). The van der Waals surface area contributed by atoms with Gasteiger partial charge in [-0.15, -0.1) is 0 Å². The Kier molecular flexibility index (Phi) is 9.64. The number of aliphatic carboxylic acids is 1. The Morgan fingerprint density at radius 2 is 1.73 bits per heavy atom. The van der Waals surface area contributed by atoms with Crippen LogP contribution in [0.15, 0.2) is 65.6 Å². The van der Waals surface area contributed by atoms with Crippen LogP contribution < -0.4 is 10.1 Å². The van der Waals surface area contributed by atoms with Crippen molar-refractivity contribution in [3.8, 4) is 16.9 Å². The van der Waals surface area contributed by atoms with Crippen molar-refractivity contribution in [3.63, 3.8) is 0 Å². The van der Waals surface area contributed by atoms with Crippen molar-refractivity contribution in [2.24, 2.45) is 5.92 Å². The van der Waals surface area contributed by atoms with Gasteiger partial charge < -0.3 is 15.2 Å². The van der Waals surface area contributed by atoms with E-state index in [-0.39, 0.29) is 35.2 Å². The third-order valence-electron chi connectivity index (χ3n) is 6.75. The SMILES string of the molecule is COc1ccc(Cl)cc1S(=O)(=O)N1CCCC(C(=O)N[C@@H](Cc2ccc(-c3ccc(Cl)cc3Cl)cc2)C(=O)O)C1. The van der Waals surface area contributed by atoms with E-state index in [0.717, 1.165) is 11.1 Å². The van der Waals surface area contributed by atoms with Gasteiger partial charge in [0.1, 0.15) is 16.7 Å². The number of halogens is 3. The molecule has 2 atom stereocenters. The van der Waals surface area contributed by atoms with Gasteiger partial charge in [-0.05, 0) is 54.3 Å². The molecule has 0 aliphatic carbocycles. The second-order valence-electron chi connectivity index (χ2n) is 9.42. The molecule has 40 heavy (non-hydrogen) atoms. The zero-order valence-electron chi connectivity index (χ0n) is 21.4. The normalized spacial score (nSPS) is 16.8. The van der Waals surface area contributed by atoms with Crippen molar-refractivity contribution in [3.05, 3.63) is 81.3 Å². The van der Waals surface area contributed by atoms with Crippen LogP contribution >= 0.6 is 34.8 Å². The highest BCUT2D eigenvalue weighted by molar-refractivity contribution is 7.89. The summed E-state index contributed by atoms with van der Waals surface area (Å²) < 4.78 is 33.2. The fourth-order valence-corrected chi connectivity index (χ4v) is 7.10. The molecule has 1 heterocycles. The Balaban J connectivity index is 1.44. The van der Waals surface area contributed by atoms with Crippen LogP contribution in [0.25, 0.3) is 11.1 Å². The first-order chi connectivity index (χ1) is 19.0. The molecule has 0 aromatic heterocycles. The van der Waals surface area contributed by atoms with Gasteiger partial charge in [0.2, 0.25) is 15.9 Å². The number of benzene rings is 3. The van der Waals surface area contributed by atoms with Gasteiger partial charge in [-0.25, -0.2) is 13.2 Å². The maximum absolute atomic E-state index is 13.4. The van der Waals surface area contributed by atoms with Gasteiger partial charge in [-0.3, -0.25) is 4.79 Å². The van der Waals surface area contributed by atoms with Gasteiger partial charge in [-0.2, -0.15) is 4.31 Å². The van der Waals surface area contributed by atoms with Crippen LogP contribution in [0.1, 0.15) is 18.4 Å². The molecule has 1 amide bonds. The molecule has 8 nitrogen and oxygen atoms in total. The summed E-state index contributed by atoms with van der Waals surface area (Å²) in [5, 5.41) is 13.7. The molecule has 3 aromatic rings. The average molecular weight is 626 g/mol. The fraction of sp³-hybridized carbons (Fsp3) is 0.286. The van der Waals surface area contributed by atoms with Crippen molar-refractivity contribution in [1.29, 1.82) is 0 Å². The quantitative estimate of drug-likeness (QED) is 0.323. The molecule has 212 valence electrons. The number of piperidine rings is 1. The Morgan fingerprint density at radius 1 is 1.05 bits per heavy atom. The van der Waals surface area contributed by atoms with Crippen molar-refractivity contribution < 1.29 is 27.9 Å². The number of nitrogens with zero attached hydrogens (tertiary/aromatic N) is 1. The van der Waals surface area contributed by atoms with Gasteiger partial charge >= 0.3 is 5.97 Å². The number of carbonyl (C=O) groups is 2. The van der Waals surface area contributed by atoms with Crippen LogP contribution in [0.3, 0.4) is 0 Å². The van der Waals surface area contributed by atoms with E-state index < -0.39 is 33.9 Å². The highest BCUT2D eigenvalue weighted by Gasteiger charge is 2.36. The van der Waals surface area contributed by atoms with E-state index in [4.69, 9.17) is 39.5 Å². The first-order valence-electron chi connectivity index (χ1n) is 12.4. The lowest BCUT2D eigenvalue weighted by atomic mass is 9.97. The Bertz CT molecular complexity index is 1510. The van der Waals surface area contributed by atoms with Crippen molar-refractivity contribution in [1.82, 2.24) is 9.62 Å². The third-order valence-corrected chi connectivity index (χ3v) is 9.42. The van der Waals surface area contributed by atoms with Crippen LogP contribution in [0.2, 0.25) is 15.1 Å². The first-order valence-corrected chi connectivity index (χ1v) is 15.0. The van der Waals surface area contributed by atoms with Gasteiger partial charge in [-0.1, -0.05) is 65.1 Å². The van der Waals surface area contributed by atoms with Crippen molar-refractivity contribution >= 4 is 56.7 Å². The molecular weight excluding hydrogens is 599 g/mol. The Morgan fingerprint density at radius 3 is 2.38 bits per heavy atom. The number of hydrogen-bond donors (Lipinski definition) is 2. The number of ether oxygens (including phenoxy) is 1. The number of nitrogens with one attached hydrogen (secondary N) is 1. The molecule has 0 radical (unpaired) electrons. The molecule has 1 aliphatic rings.